The molecule has 10 heteroatoms. The highest BCUT2D eigenvalue weighted by Gasteiger charge is 2.15. The quantitative estimate of drug-likeness (QED) is 0.404. The largest absolute Gasteiger partial charge is 0.463 e. The van der Waals surface area contributed by atoms with Crippen molar-refractivity contribution >= 4 is 27.1 Å². The van der Waals surface area contributed by atoms with E-state index in [1.165, 1.54) is 29.5 Å². The molecule has 0 bridgehead atoms. The Morgan fingerprint density at radius 2 is 1.85 bits per heavy atom. The van der Waals surface area contributed by atoms with E-state index in [0.29, 0.717) is 16.5 Å². The van der Waals surface area contributed by atoms with Crippen LogP contribution in [0.5, 0.6) is 5.75 Å². The molecule has 0 amide bonds. The third-order valence-corrected chi connectivity index (χ3v) is 3.88. The number of para-hydroxylation sites is 1. The van der Waals surface area contributed by atoms with Crippen molar-refractivity contribution in [3.63, 3.8) is 0 Å². The maximum atomic E-state index is 12.8. The highest BCUT2D eigenvalue weighted by molar-refractivity contribution is 7.81. The van der Waals surface area contributed by atoms with Gasteiger partial charge in [0.1, 0.15) is 17.6 Å². The molecule has 0 radical (unpaired) electrons. The van der Waals surface area contributed by atoms with Gasteiger partial charge in [0.2, 0.25) is 5.43 Å². The molecule has 9 nitrogen and oxygen atoms in total. The smallest absolute Gasteiger partial charge is 0.446 e. The highest BCUT2D eigenvalue weighted by atomic mass is 32.3. The monoisotopic (exact) mass is 389 g/mol. The Bertz CT molecular complexity index is 1180. The van der Waals surface area contributed by atoms with E-state index in [2.05, 4.69) is 14.5 Å². The van der Waals surface area contributed by atoms with Crippen LogP contribution in [-0.2, 0) is 10.4 Å². The number of nitrogens with zero attached hydrogens (tertiary/aromatic N) is 3. The lowest BCUT2D eigenvalue weighted by molar-refractivity contribution is 0.386. The van der Waals surface area contributed by atoms with Crippen molar-refractivity contribution in [3.8, 4) is 16.9 Å². The summed E-state index contributed by atoms with van der Waals surface area (Å²) < 4.78 is 40.7. The third-order valence-electron chi connectivity index (χ3n) is 3.47. The Kier molecular flexibility index (Phi) is 4.93. The number of rotatable bonds is 5. The van der Waals surface area contributed by atoms with Crippen LogP contribution in [0.2, 0.25) is 0 Å². The molecule has 0 aliphatic carbocycles. The van der Waals surface area contributed by atoms with Gasteiger partial charge in [-0.2, -0.15) is 8.42 Å². The summed E-state index contributed by atoms with van der Waals surface area (Å²) in [5.74, 6) is -0.181. The summed E-state index contributed by atoms with van der Waals surface area (Å²) in [4.78, 5) is 12.8. The Hall–Kier alpha value is -3.24. The number of benzene rings is 2. The number of hydrogen-bond donors (Lipinski definition) is 1. The van der Waals surface area contributed by atoms with Crippen LogP contribution in [-0.4, -0.2) is 32.1 Å². The van der Waals surface area contributed by atoms with Crippen LogP contribution < -0.4 is 9.61 Å². The molecule has 0 aliphatic rings. The van der Waals surface area contributed by atoms with Crippen LogP contribution >= 0.6 is 0 Å². The second-order valence-corrected chi connectivity index (χ2v) is 6.72. The first-order valence-electron chi connectivity index (χ1n) is 7.65. The van der Waals surface area contributed by atoms with Gasteiger partial charge in [-0.05, 0) is 24.3 Å². The summed E-state index contributed by atoms with van der Waals surface area (Å²) in [6, 6.07) is 10.8. The second-order valence-electron chi connectivity index (χ2n) is 5.70. The second kappa shape index (κ2) is 7.17. The van der Waals surface area contributed by atoms with Gasteiger partial charge in [-0.25, -0.2) is 0 Å². The first-order chi connectivity index (χ1) is 12.7. The zero-order valence-corrected chi connectivity index (χ0v) is 15.2. The molecule has 140 valence electrons. The lowest BCUT2D eigenvalue weighted by atomic mass is 10.0. The molecule has 0 spiro atoms. The molecule has 0 unspecified atom stereocenters. The van der Waals surface area contributed by atoms with Crippen molar-refractivity contribution in [3.05, 3.63) is 59.0 Å². The summed E-state index contributed by atoms with van der Waals surface area (Å²) in [5.41, 5.74) is 0.908. The third kappa shape index (κ3) is 4.30. The average molecular weight is 389 g/mol. The standard InChI is InChI=1S/C17H15N3O6S/c1-20(2)19-18-15-9-11(26-27(22,23)24)7-8-12(15)14-10-25-16-6-4-3-5-13(16)17(14)21/h3-10H,1-2H3,(H,22,23,24). The Morgan fingerprint density at radius 3 is 2.56 bits per heavy atom. The van der Waals surface area contributed by atoms with E-state index in [9.17, 15) is 13.2 Å². The van der Waals surface area contributed by atoms with E-state index in [0.717, 1.165) is 0 Å². The van der Waals surface area contributed by atoms with Crippen LogP contribution in [0.3, 0.4) is 0 Å². The predicted molar refractivity (Wildman–Crippen MR) is 98.3 cm³/mol. The molecule has 2 aromatic carbocycles. The molecule has 27 heavy (non-hydrogen) atoms. The minimum absolute atomic E-state index is 0.160. The lowest BCUT2D eigenvalue weighted by Crippen LogP contribution is -2.07. The van der Waals surface area contributed by atoms with Gasteiger partial charge in [0.05, 0.1) is 16.6 Å². The van der Waals surface area contributed by atoms with Gasteiger partial charge < -0.3 is 8.60 Å². The fourth-order valence-electron chi connectivity index (χ4n) is 2.40. The molecular weight excluding hydrogens is 374 g/mol. The zero-order valence-electron chi connectivity index (χ0n) is 14.4. The maximum absolute atomic E-state index is 12.8. The van der Waals surface area contributed by atoms with Gasteiger partial charge in [0.25, 0.3) is 0 Å². The Morgan fingerprint density at radius 1 is 1.11 bits per heavy atom. The fraction of sp³-hybridized carbons (Fsp3) is 0.118. The van der Waals surface area contributed by atoms with E-state index < -0.39 is 10.4 Å². The predicted octanol–water partition coefficient (Wildman–Crippen LogP) is 3.20. The molecule has 0 atom stereocenters. The molecule has 3 rings (SSSR count). The first kappa shape index (κ1) is 18.5. The fourth-order valence-corrected chi connectivity index (χ4v) is 2.74. The molecule has 3 aromatic rings. The van der Waals surface area contributed by atoms with Crippen LogP contribution in [0.4, 0.5) is 5.69 Å². The number of hydrogen-bond acceptors (Lipinski definition) is 7. The summed E-state index contributed by atoms with van der Waals surface area (Å²) in [6.45, 7) is 0. The molecule has 0 saturated carbocycles. The van der Waals surface area contributed by atoms with Gasteiger partial charge in [-0.1, -0.05) is 17.4 Å². The van der Waals surface area contributed by atoms with Gasteiger partial charge >= 0.3 is 10.4 Å². The molecule has 1 aromatic heterocycles. The van der Waals surface area contributed by atoms with Crippen molar-refractivity contribution in [1.29, 1.82) is 0 Å². The van der Waals surface area contributed by atoms with Crippen LogP contribution in [0, 0.1) is 0 Å². The molecular formula is C17H15N3O6S. The van der Waals surface area contributed by atoms with Crippen LogP contribution in [0.15, 0.2) is 68.3 Å². The van der Waals surface area contributed by atoms with Gasteiger partial charge in [0.15, 0.2) is 0 Å². The topological polar surface area (TPSA) is 122 Å². The minimum Gasteiger partial charge on any atom is -0.463 e. The molecule has 0 aliphatic heterocycles. The van der Waals surface area contributed by atoms with Crippen LogP contribution in [0.1, 0.15) is 0 Å². The van der Waals surface area contributed by atoms with E-state index in [1.54, 1.807) is 38.4 Å². The average Bonchev–Trinajstić information content (AvgIpc) is 2.60. The lowest BCUT2D eigenvalue weighted by Gasteiger charge is -2.09. The number of fused-ring (bicyclic) bond motifs is 1. The minimum atomic E-state index is -4.70. The van der Waals surface area contributed by atoms with E-state index >= 15 is 0 Å². The van der Waals surface area contributed by atoms with Crippen molar-refractivity contribution in [1.82, 2.24) is 5.01 Å². The van der Waals surface area contributed by atoms with E-state index in [1.807, 2.05) is 0 Å². The van der Waals surface area contributed by atoms with E-state index in [4.69, 9.17) is 8.97 Å². The summed E-state index contributed by atoms with van der Waals surface area (Å²) in [7, 11) is -1.41. The maximum Gasteiger partial charge on any atom is 0.446 e. The summed E-state index contributed by atoms with van der Waals surface area (Å²) in [6.07, 6.45) is 1.30. The summed E-state index contributed by atoms with van der Waals surface area (Å²) in [5, 5.41) is 9.69. The normalized spacial score (nSPS) is 11.8. The summed E-state index contributed by atoms with van der Waals surface area (Å²) >= 11 is 0. The van der Waals surface area contributed by atoms with Gasteiger partial charge in [0, 0.05) is 25.7 Å². The molecule has 0 fully saturated rings. The molecule has 1 heterocycles. The van der Waals surface area contributed by atoms with Crippen molar-refractivity contribution < 1.29 is 21.6 Å². The molecule has 0 saturated heterocycles. The SMILES string of the molecule is CN(C)N=Nc1cc(OS(=O)(=O)O)ccc1-c1coc2ccccc2c1=O. The van der Waals surface area contributed by atoms with Crippen molar-refractivity contribution in [2.75, 3.05) is 14.1 Å². The van der Waals surface area contributed by atoms with E-state index in [-0.39, 0.29) is 22.4 Å². The Labute approximate surface area is 154 Å². The Balaban J connectivity index is 2.20. The van der Waals surface area contributed by atoms with Crippen LogP contribution in [0.25, 0.3) is 22.1 Å². The zero-order chi connectivity index (χ0) is 19.6. The van der Waals surface area contributed by atoms with Crippen molar-refractivity contribution in [2.24, 2.45) is 10.3 Å². The molecule has 1 N–H and O–H groups in total. The highest BCUT2D eigenvalue weighted by Crippen LogP contribution is 2.33. The van der Waals surface area contributed by atoms with Crippen molar-refractivity contribution in [2.45, 2.75) is 0 Å². The van der Waals surface area contributed by atoms with Gasteiger partial charge in [-0.3, -0.25) is 14.4 Å². The first-order valence-corrected chi connectivity index (χ1v) is 9.02. The van der Waals surface area contributed by atoms with Gasteiger partial charge in [-0.15, -0.1) is 5.11 Å².